The van der Waals surface area contributed by atoms with Crippen molar-refractivity contribution in [1.82, 2.24) is 4.90 Å². The van der Waals surface area contributed by atoms with Crippen LogP contribution in [0.3, 0.4) is 0 Å². The molecular weight excluding hydrogens is 328 g/mol. The van der Waals surface area contributed by atoms with Crippen molar-refractivity contribution < 1.29 is 0 Å². The zero-order chi connectivity index (χ0) is 18.8. The van der Waals surface area contributed by atoms with Crippen LogP contribution < -0.4 is 4.90 Å². The van der Waals surface area contributed by atoms with Gasteiger partial charge in [-0.25, -0.2) is 0 Å². The highest BCUT2D eigenvalue weighted by atomic mass is 15.4. The van der Waals surface area contributed by atoms with Crippen molar-refractivity contribution in [3.05, 3.63) is 102 Å². The minimum Gasteiger partial charge on any atom is -0.346 e. The van der Waals surface area contributed by atoms with Crippen molar-refractivity contribution in [3.63, 3.8) is 0 Å². The van der Waals surface area contributed by atoms with E-state index in [0.717, 1.165) is 0 Å². The molecule has 0 saturated carbocycles. The minimum atomic E-state index is 0.234. The predicted molar refractivity (Wildman–Crippen MR) is 115 cm³/mol. The molecule has 0 aliphatic carbocycles. The number of nitrogens with zero attached hydrogens (tertiary/aromatic N) is 2. The van der Waals surface area contributed by atoms with Crippen molar-refractivity contribution in [2.45, 2.75) is 33.0 Å². The number of anilines is 1. The summed E-state index contributed by atoms with van der Waals surface area (Å²) in [5, 5.41) is 0. The summed E-state index contributed by atoms with van der Waals surface area (Å²) in [7, 11) is 0. The van der Waals surface area contributed by atoms with Crippen LogP contribution in [0.25, 0.3) is 11.4 Å². The Bertz CT molecular complexity index is 914. The van der Waals surface area contributed by atoms with Crippen LogP contribution in [0, 0.1) is 0 Å². The van der Waals surface area contributed by atoms with Gasteiger partial charge in [0.1, 0.15) is 6.17 Å². The maximum absolute atomic E-state index is 2.53. The highest BCUT2D eigenvalue weighted by Crippen LogP contribution is 2.44. The van der Waals surface area contributed by atoms with Gasteiger partial charge in [-0.2, -0.15) is 0 Å². The normalized spacial score (nSPS) is 17.1. The van der Waals surface area contributed by atoms with Gasteiger partial charge in [0, 0.05) is 22.9 Å². The van der Waals surface area contributed by atoms with E-state index in [1.807, 2.05) is 0 Å². The Labute approximate surface area is 162 Å². The second kappa shape index (κ2) is 7.32. The summed E-state index contributed by atoms with van der Waals surface area (Å²) in [5.41, 5.74) is 6.30. The molecule has 2 nitrogen and oxygen atoms in total. The molecule has 1 aliphatic heterocycles. The van der Waals surface area contributed by atoms with Gasteiger partial charge in [0.25, 0.3) is 0 Å². The Morgan fingerprint density at radius 2 is 1.07 bits per heavy atom. The van der Waals surface area contributed by atoms with Gasteiger partial charge < -0.3 is 9.80 Å². The van der Waals surface area contributed by atoms with E-state index in [1.54, 1.807) is 0 Å². The van der Waals surface area contributed by atoms with Crippen molar-refractivity contribution in [3.8, 4) is 0 Å². The molecule has 3 aromatic rings. The van der Waals surface area contributed by atoms with Crippen molar-refractivity contribution in [2.24, 2.45) is 0 Å². The summed E-state index contributed by atoms with van der Waals surface area (Å²) in [4.78, 5) is 5.00. The number of para-hydroxylation sites is 1. The van der Waals surface area contributed by atoms with Crippen LogP contribution in [0.2, 0.25) is 0 Å². The summed E-state index contributed by atoms with van der Waals surface area (Å²) >= 11 is 0. The lowest BCUT2D eigenvalue weighted by atomic mass is 10.0. The van der Waals surface area contributed by atoms with Crippen molar-refractivity contribution in [1.29, 1.82) is 0 Å². The van der Waals surface area contributed by atoms with E-state index in [1.165, 1.54) is 28.2 Å². The average molecular weight is 354 g/mol. The maximum atomic E-state index is 2.53. The lowest BCUT2D eigenvalue weighted by molar-refractivity contribution is 0.279. The molecule has 1 unspecified atom stereocenters. The minimum absolute atomic E-state index is 0.234. The number of hydrogen-bond donors (Lipinski definition) is 0. The Balaban J connectivity index is 2.01. The zero-order valence-electron chi connectivity index (χ0n) is 16.2. The van der Waals surface area contributed by atoms with Gasteiger partial charge in [-0.1, -0.05) is 78.9 Å². The summed E-state index contributed by atoms with van der Waals surface area (Å²) in [5.74, 6) is 0. The Morgan fingerprint density at radius 1 is 0.630 bits per heavy atom. The number of benzene rings is 3. The van der Waals surface area contributed by atoms with Crippen molar-refractivity contribution >= 4 is 17.1 Å². The van der Waals surface area contributed by atoms with E-state index in [-0.39, 0.29) is 6.17 Å². The van der Waals surface area contributed by atoms with Gasteiger partial charge in [-0.3, -0.25) is 0 Å². The SMILES string of the molecule is CC(C)N1C(c2ccccc2)=C(c2ccccc2)N(c2ccccc2)C1C. The highest BCUT2D eigenvalue weighted by Gasteiger charge is 2.38. The second-order valence-corrected chi connectivity index (χ2v) is 7.27. The molecule has 0 fully saturated rings. The number of rotatable bonds is 4. The highest BCUT2D eigenvalue weighted by molar-refractivity contribution is 5.99. The first-order valence-electron chi connectivity index (χ1n) is 9.66. The molecule has 27 heavy (non-hydrogen) atoms. The monoisotopic (exact) mass is 354 g/mol. The summed E-state index contributed by atoms with van der Waals surface area (Å²) in [6.45, 7) is 6.85. The van der Waals surface area contributed by atoms with E-state index in [0.29, 0.717) is 6.04 Å². The first kappa shape index (κ1) is 17.4. The van der Waals surface area contributed by atoms with E-state index in [2.05, 4.69) is 122 Å². The standard InChI is InChI=1S/C25H26N2/c1-19(2)26-20(3)27(23-17-11-6-12-18-23)25(22-15-9-5-10-16-22)24(26)21-13-7-4-8-14-21/h4-20H,1-3H3. The van der Waals surface area contributed by atoms with Crippen LogP contribution >= 0.6 is 0 Å². The van der Waals surface area contributed by atoms with E-state index >= 15 is 0 Å². The van der Waals surface area contributed by atoms with Gasteiger partial charge in [0.2, 0.25) is 0 Å². The molecule has 0 radical (unpaired) electrons. The van der Waals surface area contributed by atoms with Crippen LogP contribution in [0.1, 0.15) is 31.9 Å². The Kier molecular flexibility index (Phi) is 4.72. The van der Waals surface area contributed by atoms with Crippen LogP contribution in [0.15, 0.2) is 91.0 Å². The lowest BCUT2D eigenvalue weighted by Gasteiger charge is -2.35. The smallest absolute Gasteiger partial charge is 0.104 e. The Morgan fingerprint density at radius 3 is 1.56 bits per heavy atom. The molecule has 0 bridgehead atoms. The molecule has 1 atom stereocenters. The fourth-order valence-electron chi connectivity index (χ4n) is 4.11. The average Bonchev–Trinajstić information content (AvgIpc) is 3.03. The molecule has 1 heterocycles. The van der Waals surface area contributed by atoms with Gasteiger partial charge in [0.15, 0.2) is 0 Å². The molecule has 3 aromatic carbocycles. The Hall–Kier alpha value is -3.00. The summed E-state index contributed by atoms with van der Waals surface area (Å²) in [6.07, 6.45) is 0.234. The van der Waals surface area contributed by atoms with Crippen LogP contribution in [-0.4, -0.2) is 17.1 Å². The first-order chi connectivity index (χ1) is 13.2. The molecule has 0 saturated heterocycles. The maximum Gasteiger partial charge on any atom is 0.104 e. The van der Waals surface area contributed by atoms with Crippen molar-refractivity contribution in [2.75, 3.05) is 4.90 Å². The predicted octanol–water partition coefficient (Wildman–Crippen LogP) is 6.09. The zero-order valence-corrected chi connectivity index (χ0v) is 16.2. The summed E-state index contributed by atoms with van der Waals surface area (Å²) in [6, 6.07) is 32.6. The molecule has 0 amide bonds. The molecule has 4 rings (SSSR count). The van der Waals surface area contributed by atoms with Gasteiger partial charge in [-0.05, 0) is 32.9 Å². The lowest BCUT2D eigenvalue weighted by Crippen LogP contribution is -2.41. The molecule has 0 aromatic heterocycles. The van der Waals surface area contributed by atoms with Crippen LogP contribution in [0.5, 0.6) is 0 Å². The summed E-state index contributed by atoms with van der Waals surface area (Å²) < 4.78 is 0. The van der Waals surface area contributed by atoms with Crippen LogP contribution in [-0.2, 0) is 0 Å². The largest absolute Gasteiger partial charge is 0.346 e. The van der Waals surface area contributed by atoms with E-state index in [9.17, 15) is 0 Å². The molecular formula is C25H26N2. The quantitative estimate of drug-likeness (QED) is 0.559. The molecule has 136 valence electrons. The third kappa shape index (κ3) is 3.12. The van der Waals surface area contributed by atoms with Crippen LogP contribution in [0.4, 0.5) is 5.69 Å². The fraction of sp³-hybridized carbons (Fsp3) is 0.200. The van der Waals surface area contributed by atoms with E-state index in [4.69, 9.17) is 0 Å². The third-order valence-electron chi connectivity index (χ3n) is 5.18. The van der Waals surface area contributed by atoms with Gasteiger partial charge in [-0.15, -0.1) is 0 Å². The topological polar surface area (TPSA) is 6.48 Å². The molecule has 0 spiro atoms. The third-order valence-corrected chi connectivity index (χ3v) is 5.18. The first-order valence-corrected chi connectivity index (χ1v) is 9.66. The van der Waals surface area contributed by atoms with Gasteiger partial charge >= 0.3 is 0 Å². The fourth-order valence-corrected chi connectivity index (χ4v) is 4.11. The molecule has 1 aliphatic rings. The molecule has 2 heteroatoms. The van der Waals surface area contributed by atoms with Gasteiger partial charge in [0.05, 0.1) is 11.4 Å². The molecule has 0 N–H and O–H groups in total. The van der Waals surface area contributed by atoms with E-state index < -0.39 is 0 Å². The number of hydrogen-bond acceptors (Lipinski definition) is 2. The second-order valence-electron chi connectivity index (χ2n) is 7.27.